The van der Waals surface area contributed by atoms with Gasteiger partial charge in [0.25, 0.3) is 11.8 Å². The SMILES string of the molecule is Cc1ccccc1C(=O)N1C(C(=O)NCc2ccccc2)COC12CCN(C(=O)c1ccc(F)cc1)CC2. The number of likely N-dealkylation sites (tertiary alicyclic amines) is 1. The molecule has 1 N–H and O–H groups in total. The van der Waals surface area contributed by atoms with E-state index in [9.17, 15) is 18.8 Å². The largest absolute Gasteiger partial charge is 0.353 e. The van der Waals surface area contributed by atoms with Crippen molar-refractivity contribution in [2.45, 2.75) is 38.1 Å². The summed E-state index contributed by atoms with van der Waals surface area (Å²) < 4.78 is 19.6. The molecule has 1 spiro atoms. The van der Waals surface area contributed by atoms with Crippen LogP contribution in [0, 0.1) is 12.7 Å². The number of aryl methyl sites for hydroxylation is 1. The fourth-order valence-corrected chi connectivity index (χ4v) is 5.25. The molecule has 0 bridgehead atoms. The highest BCUT2D eigenvalue weighted by Gasteiger charge is 2.54. The van der Waals surface area contributed by atoms with Crippen LogP contribution in [0.5, 0.6) is 0 Å². The van der Waals surface area contributed by atoms with E-state index in [1.54, 1.807) is 21.9 Å². The first-order valence-corrected chi connectivity index (χ1v) is 12.8. The summed E-state index contributed by atoms with van der Waals surface area (Å²) in [6, 6.07) is 21.5. The van der Waals surface area contributed by atoms with Gasteiger partial charge in [0.05, 0.1) is 6.61 Å². The van der Waals surface area contributed by atoms with E-state index in [0.717, 1.165) is 11.1 Å². The zero-order valence-corrected chi connectivity index (χ0v) is 21.2. The van der Waals surface area contributed by atoms with Gasteiger partial charge in [-0.2, -0.15) is 0 Å². The number of nitrogens with one attached hydrogen (secondary N) is 1. The van der Waals surface area contributed by atoms with E-state index in [4.69, 9.17) is 4.74 Å². The summed E-state index contributed by atoms with van der Waals surface area (Å²) >= 11 is 0. The lowest BCUT2D eigenvalue weighted by Gasteiger charge is -2.44. The van der Waals surface area contributed by atoms with Gasteiger partial charge in [-0.15, -0.1) is 0 Å². The molecule has 7 nitrogen and oxygen atoms in total. The molecule has 8 heteroatoms. The van der Waals surface area contributed by atoms with E-state index < -0.39 is 17.6 Å². The third kappa shape index (κ3) is 5.04. The number of ether oxygens (including phenoxy) is 1. The molecule has 0 aliphatic carbocycles. The van der Waals surface area contributed by atoms with Gasteiger partial charge in [0.2, 0.25) is 5.91 Å². The molecule has 2 heterocycles. The summed E-state index contributed by atoms with van der Waals surface area (Å²) in [6.07, 6.45) is 0.722. The van der Waals surface area contributed by atoms with Crippen LogP contribution in [0.25, 0.3) is 0 Å². The third-order valence-corrected chi connectivity index (χ3v) is 7.39. The molecule has 0 saturated carbocycles. The number of carbonyl (C=O) groups is 3. The van der Waals surface area contributed by atoms with Crippen LogP contribution >= 0.6 is 0 Å². The maximum absolute atomic E-state index is 13.9. The van der Waals surface area contributed by atoms with Crippen LogP contribution in [0.2, 0.25) is 0 Å². The lowest BCUT2D eigenvalue weighted by Crippen LogP contribution is -2.59. The lowest BCUT2D eigenvalue weighted by molar-refractivity contribution is -0.128. The Kier molecular flexibility index (Phi) is 7.24. The molecule has 1 unspecified atom stereocenters. The molecule has 3 aromatic rings. The van der Waals surface area contributed by atoms with Gasteiger partial charge < -0.3 is 15.0 Å². The smallest absolute Gasteiger partial charge is 0.257 e. The van der Waals surface area contributed by atoms with Crippen molar-refractivity contribution in [1.29, 1.82) is 0 Å². The zero-order valence-electron chi connectivity index (χ0n) is 21.2. The number of piperidine rings is 1. The van der Waals surface area contributed by atoms with Crippen LogP contribution in [0.1, 0.15) is 44.7 Å². The number of hydrogen-bond donors (Lipinski definition) is 1. The zero-order chi connectivity index (χ0) is 26.7. The van der Waals surface area contributed by atoms with Gasteiger partial charge in [0.1, 0.15) is 17.6 Å². The molecular formula is C30H30FN3O4. The Hall–Kier alpha value is -4.04. The normalized spacial score (nSPS) is 18.4. The fourth-order valence-electron chi connectivity index (χ4n) is 5.25. The van der Waals surface area contributed by atoms with Crippen LogP contribution in [-0.2, 0) is 16.1 Å². The second-order valence-electron chi connectivity index (χ2n) is 9.77. The predicted octanol–water partition coefficient (Wildman–Crippen LogP) is 3.92. The van der Waals surface area contributed by atoms with Crippen molar-refractivity contribution >= 4 is 17.7 Å². The number of amides is 3. The van der Waals surface area contributed by atoms with E-state index in [1.165, 1.54) is 24.3 Å². The van der Waals surface area contributed by atoms with Crippen molar-refractivity contribution in [2.75, 3.05) is 19.7 Å². The summed E-state index contributed by atoms with van der Waals surface area (Å²) in [6.45, 7) is 2.96. The third-order valence-electron chi connectivity index (χ3n) is 7.39. The fraction of sp³-hybridized carbons (Fsp3) is 0.300. The molecule has 0 radical (unpaired) electrons. The van der Waals surface area contributed by atoms with Crippen molar-refractivity contribution in [2.24, 2.45) is 0 Å². The van der Waals surface area contributed by atoms with Crippen molar-refractivity contribution in [3.8, 4) is 0 Å². The first kappa shape index (κ1) is 25.6. The quantitative estimate of drug-likeness (QED) is 0.559. The summed E-state index contributed by atoms with van der Waals surface area (Å²) in [7, 11) is 0. The first-order valence-electron chi connectivity index (χ1n) is 12.8. The first-order chi connectivity index (χ1) is 18.4. The van der Waals surface area contributed by atoms with Crippen molar-refractivity contribution < 1.29 is 23.5 Å². The van der Waals surface area contributed by atoms with Crippen LogP contribution in [0.4, 0.5) is 4.39 Å². The van der Waals surface area contributed by atoms with E-state index in [1.807, 2.05) is 49.4 Å². The molecular weight excluding hydrogens is 485 g/mol. The standard InChI is InChI=1S/C30H30FN3O4/c1-21-7-5-6-10-25(21)29(37)34-26(27(35)32-19-22-8-3-2-4-9-22)20-38-30(34)15-17-33(18-16-30)28(36)23-11-13-24(31)14-12-23/h2-14,26H,15-20H2,1H3,(H,32,35). The highest BCUT2D eigenvalue weighted by Crippen LogP contribution is 2.39. The Balaban J connectivity index is 1.37. The van der Waals surface area contributed by atoms with Crippen molar-refractivity contribution in [3.05, 3.63) is 107 Å². The van der Waals surface area contributed by atoms with Crippen molar-refractivity contribution in [1.82, 2.24) is 15.1 Å². The van der Waals surface area contributed by atoms with Gasteiger partial charge >= 0.3 is 0 Å². The predicted molar refractivity (Wildman–Crippen MR) is 140 cm³/mol. The molecule has 196 valence electrons. The Morgan fingerprint density at radius 3 is 2.26 bits per heavy atom. The van der Waals surface area contributed by atoms with Crippen LogP contribution < -0.4 is 5.32 Å². The number of hydrogen-bond acceptors (Lipinski definition) is 4. The Bertz CT molecular complexity index is 1320. The van der Waals surface area contributed by atoms with Gasteiger partial charge in [-0.1, -0.05) is 48.5 Å². The Morgan fingerprint density at radius 2 is 1.58 bits per heavy atom. The molecule has 0 aromatic heterocycles. The second kappa shape index (κ2) is 10.8. The van der Waals surface area contributed by atoms with Crippen LogP contribution in [0.3, 0.4) is 0 Å². The molecule has 2 aliphatic rings. The maximum atomic E-state index is 13.9. The van der Waals surface area contributed by atoms with E-state index in [2.05, 4.69) is 5.32 Å². The van der Waals surface area contributed by atoms with Gasteiger partial charge in [-0.25, -0.2) is 4.39 Å². The second-order valence-corrected chi connectivity index (χ2v) is 9.77. The monoisotopic (exact) mass is 515 g/mol. The van der Waals surface area contributed by atoms with E-state index in [0.29, 0.717) is 43.6 Å². The summed E-state index contributed by atoms with van der Waals surface area (Å²) in [4.78, 5) is 43.6. The maximum Gasteiger partial charge on any atom is 0.257 e. The number of nitrogens with zero attached hydrogens (tertiary/aromatic N) is 2. The molecule has 3 aromatic carbocycles. The number of halogens is 1. The molecule has 2 aliphatic heterocycles. The average Bonchev–Trinajstić information content (AvgIpc) is 3.31. The molecule has 38 heavy (non-hydrogen) atoms. The van der Waals surface area contributed by atoms with Gasteiger partial charge in [0.15, 0.2) is 0 Å². The molecule has 5 rings (SSSR count). The minimum Gasteiger partial charge on any atom is -0.353 e. The van der Waals surface area contributed by atoms with Crippen LogP contribution in [-0.4, -0.2) is 59.0 Å². The minimum absolute atomic E-state index is 0.0736. The highest BCUT2D eigenvalue weighted by molar-refractivity contribution is 5.99. The van der Waals surface area contributed by atoms with Crippen molar-refractivity contribution in [3.63, 3.8) is 0 Å². The summed E-state index contributed by atoms with van der Waals surface area (Å²) in [5.41, 5.74) is 1.68. The number of benzene rings is 3. The number of carbonyl (C=O) groups excluding carboxylic acids is 3. The van der Waals surface area contributed by atoms with Gasteiger partial charge in [-0.05, 0) is 48.4 Å². The lowest BCUT2D eigenvalue weighted by atomic mass is 9.95. The molecule has 1 atom stereocenters. The number of rotatable bonds is 5. The molecule has 2 saturated heterocycles. The summed E-state index contributed by atoms with van der Waals surface area (Å²) in [5.74, 6) is -1.15. The van der Waals surface area contributed by atoms with E-state index >= 15 is 0 Å². The molecule has 2 fully saturated rings. The minimum atomic E-state index is -1.01. The van der Waals surface area contributed by atoms with Gasteiger partial charge in [0, 0.05) is 43.6 Å². The average molecular weight is 516 g/mol. The highest BCUT2D eigenvalue weighted by atomic mass is 19.1. The summed E-state index contributed by atoms with van der Waals surface area (Å²) in [5, 5.41) is 2.96. The topological polar surface area (TPSA) is 79.0 Å². The van der Waals surface area contributed by atoms with E-state index in [-0.39, 0.29) is 24.3 Å². The van der Waals surface area contributed by atoms with Gasteiger partial charge in [-0.3, -0.25) is 19.3 Å². The molecule has 3 amide bonds. The van der Waals surface area contributed by atoms with Crippen LogP contribution in [0.15, 0.2) is 78.9 Å². The Morgan fingerprint density at radius 1 is 0.921 bits per heavy atom. The Labute approximate surface area is 221 Å².